The van der Waals surface area contributed by atoms with Crippen molar-refractivity contribution in [3.63, 3.8) is 0 Å². The number of piperidine rings is 1. The molecule has 1 aliphatic rings. The van der Waals surface area contributed by atoms with Crippen molar-refractivity contribution in [2.45, 2.75) is 32.4 Å². The van der Waals surface area contributed by atoms with E-state index in [2.05, 4.69) is 37.5 Å². The van der Waals surface area contributed by atoms with E-state index in [0.717, 1.165) is 25.2 Å². The molecular weight excluding hydrogens is 501 g/mol. The Labute approximate surface area is 218 Å². The monoisotopic (exact) mass is 527 g/mol. The molecule has 0 unspecified atom stereocenters. The Bertz CT molecular complexity index is 1370. The number of ether oxygens (including phenoxy) is 1. The van der Waals surface area contributed by atoms with E-state index in [-0.39, 0.29) is 11.6 Å². The number of amides is 1. The van der Waals surface area contributed by atoms with Crippen LogP contribution in [0.1, 0.15) is 41.9 Å². The van der Waals surface area contributed by atoms with Crippen molar-refractivity contribution < 1.29 is 9.53 Å². The number of aromatic amines is 1. The van der Waals surface area contributed by atoms with Gasteiger partial charge in [-0.15, -0.1) is 0 Å². The average molecular weight is 528 g/mol. The maximum atomic E-state index is 13.1. The molecule has 36 heavy (non-hydrogen) atoms. The average Bonchev–Trinajstić information content (AvgIpc) is 3.45. The normalized spacial score (nSPS) is 17.3. The number of nitrogens with zero attached hydrogens (tertiary/aromatic N) is 5. The lowest BCUT2D eigenvalue weighted by atomic mass is 9.99. The summed E-state index contributed by atoms with van der Waals surface area (Å²) < 4.78 is 7.98. The van der Waals surface area contributed by atoms with Gasteiger partial charge >= 0.3 is 0 Å². The van der Waals surface area contributed by atoms with Crippen LogP contribution in [0.4, 0.5) is 5.69 Å². The lowest BCUT2D eigenvalue weighted by Crippen LogP contribution is -2.34. The molecule has 1 aliphatic heterocycles. The SMILES string of the molecule is C[C@@H](Oc1ccc2[nH]nc(C(=O)Nc3cnn(C[C@@H]4CCCN(C)C4)c3)c2c1)c1c(Cl)cncc1Cl. The van der Waals surface area contributed by atoms with Crippen LogP contribution in [-0.2, 0) is 6.54 Å². The number of fused-ring (bicyclic) bond motifs is 1. The Kier molecular flexibility index (Phi) is 7.13. The number of carbonyl (C=O) groups is 1. The minimum absolute atomic E-state index is 0.268. The Balaban J connectivity index is 1.29. The first-order valence-electron chi connectivity index (χ1n) is 11.8. The molecule has 1 aromatic carbocycles. The largest absolute Gasteiger partial charge is 0.486 e. The van der Waals surface area contributed by atoms with Crippen molar-refractivity contribution in [3.8, 4) is 5.75 Å². The van der Waals surface area contributed by atoms with Crippen molar-refractivity contribution in [1.82, 2.24) is 29.9 Å². The lowest BCUT2D eigenvalue weighted by molar-refractivity contribution is 0.102. The summed E-state index contributed by atoms with van der Waals surface area (Å²) in [4.78, 5) is 19.4. The highest BCUT2D eigenvalue weighted by atomic mass is 35.5. The Morgan fingerprint density at radius 1 is 1.28 bits per heavy atom. The first kappa shape index (κ1) is 24.5. The van der Waals surface area contributed by atoms with Crippen LogP contribution in [0.5, 0.6) is 5.75 Å². The van der Waals surface area contributed by atoms with Crippen molar-refractivity contribution in [3.05, 3.63) is 64.3 Å². The third kappa shape index (κ3) is 5.33. The number of H-pyrrole nitrogens is 1. The van der Waals surface area contributed by atoms with Gasteiger partial charge in [-0.3, -0.25) is 19.6 Å². The number of anilines is 1. The standard InChI is InChI=1S/C25H27Cl2N7O2/c1-15(23-20(26)10-28-11-21(23)27)36-18-5-6-22-19(8-18)24(32-31-22)25(35)30-17-9-29-34(14-17)13-16-4-3-7-33(2)12-16/h5-6,8-11,14-16H,3-4,7,12-13H2,1-2H3,(H,30,35)(H,31,32)/t15-,16-/m1/s1. The number of nitrogens with one attached hydrogen (secondary N) is 2. The van der Waals surface area contributed by atoms with Crippen LogP contribution in [0.3, 0.4) is 0 Å². The van der Waals surface area contributed by atoms with E-state index >= 15 is 0 Å². The highest BCUT2D eigenvalue weighted by molar-refractivity contribution is 6.35. The summed E-state index contributed by atoms with van der Waals surface area (Å²) in [5.41, 5.74) is 2.26. The zero-order chi connectivity index (χ0) is 25.2. The molecule has 1 amide bonds. The van der Waals surface area contributed by atoms with E-state index in [4.69, 9.17) is 27.9 Å². The number of likely N-dealkylation sites (tertiary alicyclic amines) is 1. The van der Waals surface area contributed by atoms with E-state index in [1.165, 1.54) is 25.2 Å². The third-order valence-corrected chi connectivity index (χ3v) is 7.02. The number of benzene rings is 1. The number of carbonyl (C=O) groups excluding carboxylic acids is 1. The number of rotatable bonds is 7. The van der Waals surface area contributed by atoms with Crippen LogP contribution < -0.4 is 10.1 Å². The number of pyridine rings is 1. The second-order valence-electron chi connectivity index (χ2n) is 9.23. The van der Waals surface area contributed by atoms with Gasteiger partial charge in [0.05, 0.1) is 27.4 Å². The van der Waals surface area contributed by atoms with Gasteiger partial charge in [-0.05, 0) is 57.5 Å². The van der Waals surface area contributed by atoms with Crippen molar-refractivity contribution in [2.24, 2.45) is 5.92 Å². The van der Waals surface area contributed by atoms with Crippen LogP contribution in [0.15, 0.2) is 43.0 Å². The predicted molar refractivity (Wildman–Crippen MR) is 140 cm³/mol. The number of halogens is 2. The zero-order valence-electron chi connectivity index (χ0n) is 20.0. The quantitative estimate of drug-likeness (QED) is 0.342. The molecule has 3 aromatic heterocycles. The second-order valence-corrected chi connectivity index (χ2v) is 10.0. The fraction of sp³-hybridized carbons (Fsp3) is 0.360. The third-order valence-electron chi connectivity index (χ3n) is 6.42. The molecule has 1 fully saturated rings. The Morgan fingerprint density at radius 3 is 2.86 bits per heavy atom. The molecular formula is C25H27Cl2N7O2. The lowest BCUT2D eigenvalue weighted by Gasteiger charge is -2.29. The fourth-order valence-corrected chi connectivity index (χ4v) is 5.39. The Morgan fingerprint density at radius 2 is 2.08 bits per heavy atom. The summed E-state index contributed by atoms with van der Waals surface area (Å²) in [5, 5.41) is 16.0. The van der Waals surface area contributed by atoms with Gasteiger partial charge in [-0.25, -0.2) is 0 Å². The van der Waals surface area contributed by atoms with E-state index in [0.29, 0.717) is 38.3 Å². The van der Waals surface area contributed by atoms with Crippen LogP contribution in [-0.4, -0.2) is 55.9 Å². The molecule has 2 atom stereocenters. The molecule has 9 nitrogen and oxygen atoms in total. The highest BCUT2D eigenvalue weighted by Gasteiger charge is 2.20. The number of hydrogen-bond donors (Lipinski definition) is 2. The molecule has 188 valence electrons. The summed E-state index contributed by atoms with van der Waals surface area (Å²) in [5.74, 6) is 0.781. The molecule has 5 rings (SSSR count). The molecule has 0 bridgehead atoms. The van der Waals surface area contributed by atoms with Gasteiger partial charge < -0.3 is 15.0 Å². The summed E-state index contributed by atoms with van der Waals surface area (Å²) in [6.07, 6.45) is 8.54. The van der Waals surface area contributed by atoms with Crippen molar-refractivity contribution in [2.75, 3.05) is 25.5 Å². The molecule has 11 heteroatoms. The molecule has 0 spiro atoms. The summed E-state index contributed by atoms with van der Waals surface area (Å²) in [6.45, 7) is 4.88. The zero-order valence-corrected chi connectivity index (χ0v) is 21.6. The van der Waals surface area contributed by atoms with Crippen LogP contribution in [0, 0.1) is 5.92 Å². The first-order chi connectivity index (χ1) is 17.4. The van der Waals surface area contributed by atoms with Gasteiger partial charge in [0.2, 0.25) is 0 Å². The molecule has 0 aliphatic carbocycles. The Hall–Kier alpha value is -3.14. The van der Waals surface area contributed by atoms with E-state index < -0.39 is 6.10 Å². The number of hydrogen-bond acceptors (Lipinski definition) is 6. The molecule has 0 saturated carbocycles. The minimum atomic E-state index is -0.426. The van der Waals surface area contributed by atoms with Crippen LogP contribution >= 0.6 is 23.2 Å². The predicted octanol–water partition coefficient (Wildman–Crippen LogP) is 5.20. The molecule has 4 aromatic rings. The molecule has 0 radical (unpaired) electrons. The molecule has 4 heterocycles. The number of aromatic nitrogens is 5. The minimum Gasteiger partial charge on any atom is -0.486 e. The summed E-state index contributed by atoms with van der Waals surface area (Å²) in [6, 6.07) is 5.39. The van der Waals surface area contributed by atoms with E-state index in [1.54, 1.807) is 18.3 Å². The van der Waals surface area contributed by atoms with Gasteiger partial charge in [0.15, 0.2) is 5.69 Å². The summed E-state index contributed by atoms with van der Waals surface area (Å²) >= 11 is 12.5. The molecule has 1 saturated heterocycles. The summed E-state index contributed by atoms with van der Waals surface area (Å²) in [7, 11) is 2.15. The van der Waals surface area contributed by atoms with Gasteiger partial charge in [0.25, 0.3) is 5.91 Å². The first-order valence-corrected chi connectivity index (χ1v) is 12.6. The maximum Gasteiger partial charge on any atom is 0.276 e. The maximum absolute atomic E-state index is 13.1. The van der Waals surface area contributed by atoms with E-state index in [1.807, 2.05) is 23.9 Å². The topological polar surface area (TPSA) is 101 Å². The van der Waals surface area contributed by atoms with Gasteiger partial charge in [-0.1, -0.05) is 23.2 Å². The van der Waals surface area contributed by atoms with Gasteiger partial charge in [0, 0.05) is 42.6 Å². The van der Waals surface area contributed by atoms with Gasteiger partial charge in [-0.2, -0.15) is 10.2 Å². The van der Waals surface area contributed by atoms with Crippen molar-refractivity contribution >= 4 is 45.7 Å². The van der Waals surface area contributed by atoms with Crippen LogP contribution in [0.2, 0.25) is 10.0 Å². The van der Waals surface area contributed by atoms with Gasteiger partial charge in [0.1, 0.15) is 11.9 Å². The fourth-order valence-electron chi connectivity index (χ4n) is 4.72. The second kappa shape index (κ2) is 10.5. The smallest absolute Gasteiger partial charge is 0.276 e. The van der Waals surface area contributed by atoms with Crippen LogP contribution in [0.25, 0.3) is 10.9 Å². The molecule has 2 N–H and O–H groups in total. The van der Waals surface area contributed by atoms with E-state index in [9.17, 15) is 4.79 Å². The van der Waals surface area contributed by atoms with Crippen molar-refractivity contribution in [1.29, 1.82) is 0 Å². The highest BCUT2D eigenvalue weighted by Crippen LogP contribution is 2.33.